The predicted octanol–water partition coefficient (Wildman–Crippen LogP) is 7.44. The summed E-state index contributed by atoms with van der Waals surface area (Å²) in [4.78, 5) is 26.3. The number of hydrogen-bond donors (Lipinski definition) is 1. The van der Waals surface area contributed by atoms with Gasteiger partial charge in [0.1, 0.15) is 5.58 Å². The number of halogens is 3. The predicted molar refractivity (Wildman–Crippen MR) is 138 cm³/mol. The molecule has 8 heteroatoms. The second kappa shape index (κ2) is 9.71. The second-order valence-corrected chi connectivity index (χ2v) is 9.11. The Labute approximate surface area is 211 Å². The number of carbonyl (C=O) groups is 1. The molecule has 0 aliphatic rings. The maximum absolute atomic E-state index is 13.4. The van der Waals surface area contributed by atoms with Gasteiger partial charge in [0.05, 0.1) is 5.39 Å². The summed E-state index contributed by atoms with van der Waals surface area (Å²) in [5.74, 6) is -0.358. The SMILES string of the molecule is Cc1cc2oc(-c3ccc(Cl)cc3)c(OC(C)C(=O)Nc3cccc(Cl)c3C)c(=O)c2cc1Cl. The molecule has 1 N–H and O–H groups in total. The van der Waals surface area contributed by atoms with Gasteiger partial charge in [-0.2, -0.15) is 0 Å². The van der Waals surface area contributed by atoms with Gasteiger partial charge in [-0.1, -0.05) is 40.9 Å². The van der Waals surface area contributed by atoms with E-state index in [1.165, 1.54) is 6.07 Å². The largest absolute Gasteiger partial charge is 0.473 e. The molecular formula is C26H20Cl3NO4. The zero-order valence-corrected chi connectivity index (χ0v) is 20.8. The van der Waals surface area contributed by atoms with Gasteiger partial charge in [-0.05, 0) is 80.4 Å². The summed E-state index contributed by atoms with van der Waals surface area (Å²) in [6.07, 6.45) is -1.02. The molecule has 0 spiro atoms. The molecule has 0 saturated carbocycles. The number of benzene rings is 3. The highest BCUT2D eigenvalue weighted by Gasteiger charge is 2.24. The van der Waals surface area contributed by atoms with E-state index in [2.05, 4.69) is 5.32 Å². The maximum atomic E-state index is 13.4. The first-order valence-electron chi connectivity index (χ1n) is 10.4. The molecule has 0 aliphatic carbocycles. The highest BCUT2D eigenvalue weighted by molar-refractivity contribution is 6.32. The monoisotopic (exact) mass is 515 g/mol. The lowest BCUT2D eigenvalue weighted by Crippen LogP contribution is -2.32. The molecule has 174 valence electrons. The molecule has 0 saturated heterocycles. The van der Waals surface area contributed by atoms with Crippen LogP contribution in [0.3, 0.4) is 0 Å². The van der Waals surface area contributed by atoms with Crippen molar-refractivity contribution in [1.82, 2.24) is 0 Å². The lowest BCUT2D eigenvalue weighted by Gasteiger charge is -2.18. The third-order valence-corrected chi connectivity index (χ3v) is 6.49. The maximum Gasteiger partial charge on any atom is 0.265 e. The van der Waals surface area contributed by atoms with E-state index in [0.29, 0.717) is 31.9 Å². The zero-order valence-electron chi connectivity index (χ0n) is 18.5. The van der Waals surface area contributed by atoms with Crippen molar-refractivity contribution in [2.24, 2.45) is 0 Å². The number of carbonyl (C=O) groups excluding carboxylic acids is 1. The number of rotatable bonds is 5. The van der Waals surface area contributed by atoms with Gasteiger partial charge in [0.2, 0.25) is 11.2 Å². The van der Waals surface area contributed by atoms with E-state index >= 15 is 0 Å². The smallest absolute Gasteiger partial charge is 0.265 e. The molecule has 0 bridgehead atoms. The molecule has 0 radical (unpaired) electrons. The van der Waals surface area contributed by atoms with Crippen molar-refractivity contribution in [3.05, 3.63) is 91.0 Å². The Morgan fingerprint density at radius 1 is 1.00 bits per heavy atom. The molecular weight excluding hydrogens is 497 g/mol. The first-order chi connectivity index (χ1) is 16.2. The summed E-state index contributed by atoms with van der Waals surface area (Å²) >= 11 is 18.4. The molecule has 1 aromatic heterocycles. The number of ether oxygens (including phenoxy) is 1. The van der Waals surface area contributed by atoms with Crippen LogP contribution >= 0.6 is 34.8 Å². The highest BCUT2D eigenvalue weighted by Crippen LogP contribution is 2.34. The number of fused-ring (bicyclic) bond motifs is 1. The lowest BCUT2D eigenvalue weighted by atomic mass is 10.1. The van der Waals surface area contributed by atoms with Crippen LogP contribution in [0.15, 0.2) is 63.8 Å². The molecule has 5 nitrogen and oxygen atoms in total. The van der Waals surface area contributed by atoms with Crippen LogP contribution in [0, 0.1) is 13.8 Å². The Hall–Kier alpha value is -2.99. The number of amides is 1. The third kappa shape index (κ3) is 4.78. The van der Waals surface area contributed by atoms with Crippen molar-refractivity contribution in [2.45, 2.75) is 26.9 Å². The first kappa shape index (κ1) is 24.1. The summed E-state index contributed by atoms with van der Waals surface area (Å²) in [5.41, 5.74) is 2.53. The lowest BCUT2D eigenvalue weighted by molar-refractivity contribution is -0.122. The van der Waals surface area contributed by atoms with Crippen LogP contribution in [0.5, 0.6) is 5.75 Å². The second-order valence-electron chi connectivity index (χ2n) is 7.86. The molecule has 1 heterocycles. The normalized spacial score (nSPS) is 11.9. The van der Waals surface area contributed by atoms with Crippen molar-refractivity contribution >= 4 is 57.4 Å². The van der Waals surface area contributed by atoms with Crippen LogP contribution in [-0.4, -0.2) is 12.0 Å². The van der Waals surface area contributed by atoms with E-state index in [0.717, 1.165) is 11.1 Å². The van der Waals surface area contributed by atoms with Gasteiger partial charge in [-0.25, -0.2) is 0 Å². The van der Waals surface area contributed by atoms with Gasteiger partial charge in [0.25, 0.3) is 5.91 Å². The van der Waals surface area contributed by atoms with Crippen molar-refractivity contribution in [2.75, 3.05) is 5.32 Å². The number of hydrogen-bond acceptors (Lipinski definition) is 4. The van der Waals surface area contributed by atoms with Crippen LogP contribution in [0.1, 0.15) is 18.1 Å². The van der Waals surface area contributed by atoms with E-state index in [9.17, 15) is 9.59 Å². The van der Waals surface area contributed by atoms with E-state index in [1.54, 1.807) is 62.4 Å². The molecule has 0 aliphatic heterocycles. The molecule has 3 aromatic carbocycles. The summed E-state index contributed by atoms with van der Waals surface area (Å²) < 4.78 is 12.0. The minimum absolute atomic E-state index is 0.0970. The molecule has 34 heavy (non-hydrogen) atoms. The molecule has 4 aromatic rings. The van der Waals surface area contributed by atoms with Crippen LogP contribution in [0.4, 0.5) is 5.69 Å². The summed E-state index contributed by atoms with van der Waals surface area (Å²) in [5, 5.41) is 4.52. The zero-order chi connectivity index (χ0) is 24.6. The topological polar surface area (TPSA) is 68.5 Å². The molecule has 1 unspecified atom stereocenters. The van der Waals surface area contributed by atoms with Crippen LogP contribution in [-0.2, 0) is 4.79 Å². The number of aryl methyl sites for hydroxylation is 1. The average Bonchev–Trinajstić information content (AvgIpc) is 2.80. The molecule has 4 rings (SSSR count). The Balaban J connectivity index is 1.77. The van der Waals surface area contributed by atoms with Gasteiger partial charge >= 0.3 is 0 Å². The fourth-order valence-electron chi connectivity index (χ4n) is 3.40. The van der Waals surface area contributed by atoms with Gasteiger partial charge in [0, 0.05) is 26.3 Å². The quantitative estimate of drug-likeness (QED) is 0.299. The van der Waals surface area contributed by atoms with E-state index in [1.807, 2.05) is 6.92 Å². The number of anilines is 1. The van der Waals surface area contributed by atoms with Crippen LogP contribution in [0.2, 0.25) is 15.1 Å². The van der Waals surface area contributed by atoms with Crippen molar-refractivity contribution < 1.29 is 13.9 Å². The standard InChI is InChI=1S/C26H20Cl3NO4/c1-13-11-22-18(12-20(13)29)23(31)25(24(34-22)16-7-9-17(27)10-8-16)33-15(3)26(32)30-21-6-4-5-19(28)14(21)2/h4-12,15H,1-3H3,(H,30,32). The average molecular weight is 517 g/mol. The highest BCUT2D eigenvalue weighted by atomic mass is 35.5. The molecule has 0 fully saturated rings. The van der Waals surface area contributed by atoms with Gasteiger partial charge in [0.15, 0.2) is 11.9 Å². The summed E-state index contributed by atoms with van der Waals surface area (Å²) in [7, 11) is 0. The van der Waals surface area contributed by atoms with Gasteiger partial charge in [-0.3, -0.25) is 9.59 Å². The van der Waals surface area contributed by atoms with Crippen LogP contribution in [0.25, 0.3) is 22.3 Å². The minimum Gasteiger partial charge on any atom is -0.473 e. The minimum atomic E-state index is -1.02. The van der Waals surface area contributed by atoms with Crippen molar-refractivity contribution in [3.63, 3.8) is 0 Å². The Morgan fingerprint density at radius 2 is 1.71 bits per heavy atom. The third-order valence-electron chi connectivity index (χ3n) is 5.43. The van der Waals surface area contributed by atoms with E-state index < -0.39 is 17.4 Å². The fourth-order valence-corrected chi connectivity index (χ4v) is 3.87. The number of nitrogens with one attached hydrogen (secondary N) is 1. The molecule has 1 amide bonds. The Kier molecular flexibility index (Phi) is 6.89. The van der Waals surface area contributed by atoms with Gasteiger partial charge in [-0.15, -0.1) is 0 Å². The first-order valence-corrected chi connectivity index (χ1v) is 11.5. The Bertz CT molecular complexity index is 1460. The van der Waals surface area contributed by atoms with Crippen molar-refractivity contribution in [1.29, 1.82) is 0 Å². The van der Waals surface area contributed by atoms with Gasteiger partial charge < -0.3 is 14.5 Å². The van der Waals surface area contributed by atoms with E-state index in [-0.39, 0.29) is 16.9 Å². The van der Waals surface area contributed by atoms with Crippen LogP contribution < -0.4 is 15.5 Å². The summed E-state index contributed by atoms with van der Waals surface area (Å²) in [6, 6.07) is 15.2. The molecule has 1 atom stereocenters. The Morgan fingerprint density at radius 3 is 2.41 bits per heavy atom. The van der Waals surface area contributed by atoms with Crippen molar-refractivity contribution in [3.8, 4) is 17.1 Å². The van der Waals surface area contributed by atoms with E-state index in [4.69, 9.17) is 44.0 Å². The fraction of sp³-hybridized carbons (Fsp3) is 0.154. The summed E-state index contributed by atoms with van der Waals surface area (Å²) in [6.45, 7) is 5.16.